The Kier molecular flexibility index (Phi) is 62.4. The van der Waals surface area contributed by atoms with Crippen LogP contribution in [0.3, 0.4) is 0 Å². The third-order valence-electron chi connectivity index (χ3n) is 0.300. The van der Waals surface area contributed by atoms with Crippen LogP contribution in [0, 0.1) is 14.9 Å². The second-order valence-corrected chi connectivity index (χ2v) is 18.0. The van der Waals surface area contributed by atoms with E-state index in [0.29, 0.717) is 0 Å². The Morgan fingerprint density at radius 3 is 0.333 bits per heavy atom. The van der Waals surface area contributed by atoms with E-state index in [-0.39, 0.29) is 50.2 Å². The van der Waals surface area contributed by atoms with E-state index in [1.54, 1.807) is 145 Å². The van der Waals surface area contributed by atoms with Gasteiger partial charge in [0.2, 0.25) is 0 Å². The Morgan fingerprint density at radius 1 is 0.311 bits per heavy atom. The van der Waals surface area contributed by atoms with Crippen molar-refractivity contribution < 1.29 is 79.0 Å². The molecule has 0 heterocycles. The number of hydrogen-bond donors (Lipinski definition) is 7. The summed E-state index contributed by atoms with van der Waals surface area (Å²) >= 11 is 1.52. The van der Waals surface area contributed by atoms with Gasteiger partial charge in [0.1, 0.15) is 0 Å². The first-order chi connectivity index (χ1) is 16.6. The van der Waals surface area contributed by atoms with Crippen LogP contribution in [-0.4, -0.2) is 80.5 Å². The molecule has 45 heavy (non-hydrogen) atoms. The Morgan fingerprint density at radius 2 is 0.333 bits per heavy atom. The fourth-order valence-corrected chi connectivity index (χ4v) is 0. The van der Waals surface area contributed by atoms with Crippen LogP contribution in [0.4, 0.5) is 0 Å². The molecule has 0 amide bonds. The maximum Gasteiger partial charge on any atom is 0 e. The summed E-state index contributed by atoms with van der Waals surface area (Å²) in [6.45, 7) is 42.9. The Balaban J connectivity index is -0.0000000273. The average Bonchev–Trinajstić information content (AvgIpc) is 2.32. The predicted molar refractivity (Wildman–Crippen MR) is 196 cm³/mol. The van der Waals surface area contributed by atoms with Crippen LogP contribution in [0.25, 0.3) is 0 Å². The van der Waals surface area contributed by atoms with Crippen molar-refractivity contribution in [3.8, 4) is 0 Å². The molecule has 0 aromatic carbocycles. The molecule has 0 aliphatic rings. The Bertz CT molecular complexity index is 387. The van der Waals surface area contributed by atoms with Gasteiger partial charge in [0, 0.05) is 22.4 Å². The molecule has 0 spiro atoms. The van der Waals surface area contributed by atoms with Gasteiger partial charge in [-0.3, -0.25) is 0 Å². The monoisotopic (exact) mass is 821 g/mol. The van der Waals surface area contributed by atoms with Crippen molar-refractivity contribution in [3.63, 3.8) is 0 Å². The van der Waals surface area contributed by atoms with Gasteiger partial charge in [-0.05, 0) is 145 Å². The minimum absolute atomic E-state index is 0. The molecule has 10 heteroatoms. The summed E-state index contributed by atoms with van der Waals surface area (Å²) in [6.07, 6.45) is 0. The molecule has 0 aromatic heterocycles. The van der Waals surface area contributed by atoms with Crippen LogP contribution < -0.4 is 0 Å². The predicted octanol–water partition coefficient (Wildman–Crippen LogP) is 8.49. The fourth-order valence-electron chi connectivity index (χ4n) is 0. The molecular weight excluding hydrogens is 732 g/mol. The summed E-state index contributed by atoms with van der Waals surface area (Å²) in [5.74, 6) is 0. The van der Waals surface area contributed by atoms with E-state index in [1.807, 2.05) is 0 Å². The summed E-state index contributed by atoms with van der Waals surface area (Å²) < 4.78 is 4.07. The third kappa shape index (κ3) is 5200. The zero-order valence-corrected chi connectivity index (χ0v) is 38.9. The standard InChI is InChI=1S/C4H9N.7C4H10O.CH4.2CH3.2Nb/c8*1-4(2,3)5;;;;;/h1-3H3;7*5H,1-3H3;1H4;2*1H3;;/q;;;;;;;;;2*-1;;. The summed E-state index contributed by atoms with van der Waals surface area (Å²) in [5.41, 5.74) is -3.31. The molecule has 0 rings (SSSR count). The first-order valence-electron chi connectivity index (χ1n) is 14.0. The van der Waals surface area contributed by atoms with Crippen LogP contribution in [0.15, 0.2) is 3.34 Å². The van der Waals surface area contributed by atoms with Gasteiger partial charge < -0.3 is 50.6 Å². The van der Waals surface area contributed by atoms with Crippen molar-refractivity contribution in [2.24, 2.45) is 3.34 Å². The van der Waals surface area contributed by atoms with Crippen LogP contribution in [-0.2, 0) is 43.3 Å². The molecular formula is C35H89NNb2O7-2. The summed E-state index contributed by atoms with van der Waals surface area (Å²) in [6, 6.07) is 0. The largest absolute Gasteiger partial charge is 0.358 e. The molecule has 0 aromatic rings. The molecule has 0 fully saturated rings. The number of aliphatic hydroxyl groups is 7. The molecule has 1 radical (unpaired) electrons. The number of nitrogens with zero attached hydrogens (tertiary/aromatic N) is 1. The van der Waals surface area contributed by atoms with Crippen LogP contribution in [0.5, 0.6) is 0 Å². The van der Waals surface area contributed by atoms with Crippen LogP contribution >= 0.6 is 0 Å². The smallest absolute Gasteiger partial charge is 0 e. The molecule has 7 N–H and O–H groups in total. The molecule has 0 aliphatic carbocycles. The topological polar surface area (TPSA) is 154 Å². The van der Waals surface area contributed by atoms with E-state index in [9.17, 15) is 0 Å². The average molecular weight is 822 g/mol. The molecule has 0 bridgehead atoms. The van der Waals surface area contributed by atoms with Crippen LogP contribution in [0.1, 0.15) is 174 Å². The first kappa shape index (κ1) is 80.6. The molecule has 0 saturated carbocycles. The van der Waals surface area contributed by atoms with Crippen molar-refractivity contribution in [3.05, 3.63) is 14.9 Å². The van der Waals surface area contributed by atoms with Gasteiger partial charge in [0.05, 0.1) is 39.2 Å². The minimum atomic E-state index is -0.500. The van der Waals surface area contributed by atoms with E-state index in [2.05, 4.69) is 24.1 Å². The second kappa shape index (κ2) is 34.8. The molecule has 288 valence electrons. The van der Waals surface area contributed by atoms with Gasteiger partial charge in [-0.25, -0.2) is 0 Å². The van der Waals surface area contributed by atoms with Gasteiger partial charge in [0.15, 0.2) is 0 Å². The second-order valence-electron chi connectivity index (χ2n) is 17.5. The van der Waals surface area contributed by atoms with Crippen molar-refractivity contribution in [1.82, 2.24) is 0 Å². The van der Waals surface area contributed by atoms with Crippen molar-refractivity contribution >= 4 is 0 Å². The van der Waals surface area contributed by atoms with E-state index in [1.165, 1.54) is 20.9 Å². The summed E-state index contributed by atoms with van der Waals surface area (Å²) in [4.78, 5) is 0. The minimum Gasteiger partial charge on any atom is -0.358 e. The quantitative estimate of drug-likeness (QED) is 0.0956. The molecule has 0 saturated heterocycles. The normalized spacial score (nSPS) is 10.8. The SMILES string of the molecule is C.CC(C)(C)O.CC(C)(C)O.CC(C)(C)O.CC(C)(C)O.CC(C)(C)O.CC(C)(C)O.CC(C)(C)O.CC(C)(C)[N]=[Nb].[CH3-].[CH3-].[Nb]. The molecule has 0 aliphatic heterocycles. The molecule has 8 nitrogen and oxygen atoms in total. The van der Waals surface area contributed by atoms with Gasteiger partial charge in [-0.2, -0.15) is 0 Å². The molecule has 0 unspecified atom stereocenters. The molecule has 0 atom stereocenters. The zero-order valence-electron chi connectivity index (χ0n) is 34.5. The number of rotatable bonds is 0. The maximum absolute atomic E-state index is 8.52. The number of hydrogen-bond acceptors (Lipinski definition) is 8. The van der Waals surface area contributed by atoms with E-state index in [4.69, 9.17) is 35.7 Å². The van der Waals surface area contributed by atoms with Gasteiger partial charge in [-0.1, -0.05) is 7.43 Å². The summed E-state index contributed by atoms with van der Waals surface area (Å²) in [5, 5.41) is 59.6. The first-order valence-corrected chi connectivity index (χ1v) is 15.0. The van der Waals surface area contributed by atoms with Gasteiger partial charge >= 0.3 is 50.5 Å². The van der Waals surface area contributed by atoms with Crippen molar-refractivity contribution in [1.29, 1.82) is 0 Å². The summed E-state index contributed by atoms with van der Waals surface area (Å²) in [7, 11) is 0. The van der Waals surface area contributed by atoms with Crippen LogP contribution in [0.2, 0.25) is 0 Å². The van der Waals surface area contributed by atoms with Gasteiger partial charge in [0.25, 0.3) is 0 Å². The third-order valence-corrected chi connectivity index (χ3v) is 1.77. The van der Waals surface area contributed by atoms with Crippen molar-refractivity contribution in [2.75, 3.05) is 0 Å². The van der Waals surface area contributed by atoms with E-state index in [0.717, 1.165) is 0 Å². The van der Waals surface area contributed by atoms with Gasteiger partial charge in [-0.15, -0.1) is 0 Å². The fraction of sp³-hybridized carbons (Fsp3) is 0.943. The van der Waals surface area contributed by atoms with E-state index < -0.39 is 39.2 Å². The Labute approximate surface area is 313 Å². The Hall–Kier alpha value is 1.00. The maximum atomic E-state index is 8.52. The van der Waals surface area contributed by atoms with E-state index >= 15 is 0 Å². The zero-order chi connectivity index (χ0) is 36.7. The van der Waals surface area contributed by atoms with Crippen molar-refractivity contribution in [2.45, 2.75) is 218 Å².